The van der Waals surface area contributed by atoms with Gasteiger partial charge in [0.1, 0.15) is 12.6 Å². The molecule has 5 heteroatoms. The van der Waals surface area contributed by atoms with Crippen molar-refractivity contribution in [2.75, 3.05) is 6.61 Å². The van der Waals surface area contributed by atoms with Crippen molar-refractivity contribution in [2.45, 2.75) is 32.9 Å². The first-order valence-electron chi connectivity index (χ1n) is 6.75. The summed E-state index contributed by atoms with van der Waals surface area (Å²) < 4.78 is 0. The van der Waals surface area contributed by atoms with Crippen LogP contribution in [-0.4, -0.2) is 35.6 Å². The maximum atomic E-state index is 12.1. The average molecular weight is 288 g/mol. The molecule has 0 aliphatic carbocycles. The Balaban J connectivity index is 2.73. The molecule has 1 aromatic rings. The Morgan fingerprint density at radius 3 is 2.57 bits per heavy atom. The van der Waals surface area contributed by atoms with Gasteiger partial charge in [0, 0.05) is 17.2 Å². The third kappa shape index (κ3) is 5.67. The molecule has 3 N–H and O–H groups in total. The molecule has 1 atom stereocenters. The summed E-state index contributed by atoms with van der Waals surface area (Å²) in [5, 5.41) is 14.0. The minimum atomic E-state index is -0.618. The second-order valence-electron chi connectivity index (χ2n) is 4.90. The summed E-state index contributed by atoms with van der Waals surface area (Å²) in [6.07, 6.45) is 0. The zero-order valence-electron chi connectivity index (χ0n) is 12.4. The van der Waals surface area contributed by atoms with E-state index in [9.17, 15) is 9.59 Å². The molecule has 5 nitrogen and oxygen atoms in total. The van der Waals surface area contributed by atoms with Crippen LogP contribution in [0.25, 0.3) is 0 Å². The second kappa shape index (κ2) is 8.08. The highest BCUT2D eigenvalue weighted by molar-refractivity contribution is 5.97. The lowest BCUT2D eigenvalue weighted by Gasteiger charge is -2.16. The Morgan fingerprint density at radius 1 is 1.24 bits per heavy atom. The van der Waals surface area contributed by atoms with Gasteiger partial charge in [-0.05, 0) is 39.0 Å². The van der Waals surface area contributed by atoms with Crippen molar-refractivity contribution < 1.29 is 14.7 Å². The third-order valence-corrected chi connectivity index (χ3v) is 2.61. The van der Waals surface area contributed by atoms with Crippen LogP contribution in [0.5, 0.6) is 0 Å². The summed E-state index contributed by atoms with van der Waals surface area (Å²) in [5.41, 5.74) is 1.06. The topological polar surface area (TPSA) is 78.4 Å². The van der Waals surface area contributed by atoms with E-state index >= 15 is 0 Å². The van der Waals surface area contributed by atoms with E-state index in [1.807, 2.05) is 13.8 Å². The summed E-state index contributed by atoms with van der Waals surface area (Å²) in [7, 11) is 0. The van der Waals surface area contributed by atoms with Gasteiger partial charge < -0.3 is 15.7 Å². The van der Waals surface area contributed by atoms with E-state index in [1.165, 1.54) is 0 Å². The summed E-state index contributed by atoms with van der Waals surface area (Å²) >= 11 is 0. The first kappa shape index (κ1) is 16.7. The standard InChI is InChI=1S/C16H20N2O3/c1-11(2)17-15(20)12(3)18-16(21)14-8-4-6-13(10-14)7-5-9-19/h4,6,8,10-12,19H,9H2,1-3H3,(H,17,20)(H,18,21). The van der Waals surface area contributed by atoms with E-state index < -0.39 is 6.04 Å². The van der Waals surface area contributed by atoms with Crippen LogP contribution in [0.15, 0.2) is 24.3 Å². The molecule has 1 unspecified atom stereocenters. The third-order valence-electron chi connectivity index (χ3n) is 2.61. The second-order valence-corrected chi connectivity index (χ2v) is 4.90. The van der Waals surface area contributed by atoms with Gasteiger partial charge in [0.25, 0.3) is 5.91 Å². The Kier molecular flexibility index (Phi) is 6.44. The monoisotopic (exact) mass is 288 g/mol. The van der Waals surface area contributed by atoms with E-state index in [1.54, 1.807) is 31.2 Å². The molecule has 0 saturated heterocycles. The maximum Gasteiger partial charge on any atom is 0.251 e. The van der Waals surface area contributed by atoms with Crippen molar-refractivity contribution >= 4 is 11.8 Å². The Labute approximate surface area is 124 Å². The number of aliphatic hydroxyl groups is 1. The fourth-order valence-electron chi connectivity index (χ4n) is 1.63. The van der Waals surface area contributed by atoms with Crippen LogP contribution in [0.2, 0.25) is 0 Å². The Bertz CT molecular complexity index is 570. The van der Waals surface area contributed by atoms with Gasteiger partial charge in [-0.15, -0.1) is 0 Å². The first-order chi connectivity index (χ1) is 9.93. The quantitative estimate of drug-likeness (QED) is 0.713. The number of aliphatic hydroxyl groups excluding tert-OH is 1. The summed E-state index contributed by atoms with van der Waals surface area (Å²) in [6, 6.07) is 6.11. The van der Waals surface area contributed by atoms with Crippen molar-refractivity contribution in [3.8, 4) is 11.8 Å². The summed E-state index contributed by atoms with van der Waals surface area (Å²) in [6.45, 7) is 5.11. The number of benzene rings is 1. The van der Waals surface area contributed by atoms with Crippen molar-refractivity contribution in [1.82, 2.24) is 10.6 Å². The van der Waals surface area contributed by atoms with Crippen LogP contribution in [0.3, 0.4) is 0 Å². The van der Waals surface area contributed by atoms with Crippen LogP contribution in [0, 0.1) is 11.8 Å². The number of hydrogen-bond donors (Lipinski definition) is 3. The van der Waals surface area contributed by atoms with Crippen molar-refractivity contribution in [1.29, 1.82) is 0 Å². The molecular formula is C16H20N2O3. The highest BCUT2D eigenvalue weighted by Crippen LogP contribution is 2.04. The molecule has 0 aliphatic heterocycles. The molecule has 2 amide bonds. The first-order valence-corrected chi connectivity index (χ1v) is 6.75. The Morgan fingerprint density at radius 2 is 1.95 bits per heavy atom. The molecule has 0 bridgehead atoms. The van der Waals surface area contributed by atoms with Crippen LogP contribution in [0.1, 0.15) is 36.7 Å². The van der Waals surface area contributed by atoms with Crippen LogP contribution in [-0.2, 0) is 4.79 Å². The number of nitrogens with one attached hydrogen (secondary N) is 2. The number of carbonyl (C=O) groups excluding carboxylic acids is 2. The smallest absolute Gasteiger partial charge is 0.251 e. The fourth-order valence-corrected chi connectivity index (χ4v) is 1.63. The molecule has 112 valence electrons. The van der Waals surface area contributed by atoms with Gasteiger partial charge in [-0.1, -0.05) is 17.9 Å². The molecular weight excluding hydrogens is 268 g/mol. The molecule has 1 aromatic carbocycles. The SMILES string of the molecule is CC(C)NC(=O)C(C)NC(=O)c1cccc(C#CCO)c1. The normalized spacial score (nSPS) is 11.3. The van der Waals surface area contributed by atoms with Gasteiger partial charge >= 0.3 is 0 Å². The van der Waals surface area contributed by atoms with Crippen LogP contribution >= 0.6 is 0 Å². The van der Waals surface area contributed by atoms with E-state index in [0.717, 1.165) is 0 Å². The molecule has 1 rings (SSSR count). The van der Waals surface area contributed by atoms with Gasteiger partial charge in [0.15, 0.2) is 0 Å². The van der Waals surface area contributed by atoms with Crippen LogP contribution in [0.4, 0.5) is 0 Å². The molecule has 0 aliphatic rings. The Hall–Kier alpha value is -2.32. The van der Waals surface area contributed by atoms with Gasteiger partial charge in [0.05, 0.1) is 0 Å². The summed E-state index contributed by atoms with van der Waals surface area (Å²) in [4.78, 5) is 23.8. The van der Waals surface area contributed by atoms with Crippen molar-refractivity contribution in [2.24, 2.45) is 0 Å². The molecule has 0 fully saturated rings. The van der Waals surface area contributed by atoms with Crippen molar-refractivity contribution in [3.05, 3.63) is 35.4 Å². The molecule has 0 heterocycles. The number of amides is 2. The summed E-state index contributed by atoms with van der Waals surface area (Å²) in [5.74, 6) is 4.69. The van der Waals surface area contributed by atoms with Crippen LogP contribution < -0.4 is 10.6 Å². The zero-order valence-corrected chi connectivity index (χ0v) is 12.4. The zero-order chi connectivity index (χ0) is 15.8. The van der Waals surface area contributed by atoms with E-state index in [2.05, 4.69) is 22.5 Å². The predicted octanol–water partition coefficient (Wildman–Crippen LogP) is 0.673. The average Bonchev–Trinajstić information content (AvgIpc) is 2.44. The fraction of sp³-hybridized carbons (Fsp3) is 0.375. The van der Waals surface area contributed by atoms with E-state index in [0.29, 0.717) is 11.1 Å². The molecule has 0 spiro atoms. The van der Waals surface area contributed by atoms with Gasteiger partial charge in [0.2, 0.25) is 5.91 Å². The highest BCUT2D eigenvalue weighted by atomic mass is 16.2. The van der Waals surface area contributed by atoms with Gasteiger partial charge in [-0.25, -0.2) is 0 Å². The minimum Gasteiger partial charge on any atom is -0.384 e. The predicted molar refractivity (Wildman–Crippen MR) is 80.6 cm³/mol. The number of carbonyl (C=O) groups is 2. The molecule has 21 heavy (non-hydrogen) atoms. The lowest BCUT2D eigenvalue weighted by molar-refractivity contribution is -0.123. The van der Waals surface area contributed by atoms with E-state index in [4.69, 9.17) is 5.11 Å². The lowest BCUT2D eigenvalue weighted by Crippen LogP contribution is -2.46. The highest BCUT2D eigenvalue weighted by Gasteiger charge is 2.17. The maximum absolute atomic E-state index is 12.1. The largest absolute Gasteiger partial charge is 0.384 e. The van der Waals surface area contributed by atoms with Crippen molar-refractivity contribution in [3.63, 3.8) is 0 Å². The van der Waals surface area contributed by atoms with Gasteiger partial charge in [-0.3, -0.25) is 9.59 Å². The number of rotatable bonds is 4. The molecule has 0 saturated carbocycles. The molecule has 0 radical (unpaired) electrons. The number of hydrogen-bond acceptors (Lipinski definition) is 3. The van der Waals surface area contributed by atoms with E-state index in [-0.39, 0.29) is 24.5 Å². The minimum absolute atomic E-state index is 0.0222. The van der Waals surface area contributed by atoms with Gasteiger partial charge in [-0.2, -0.15) is 0 Å². The molecule has 0 aromatic heterocycles. The lowest BCUT2D eigenvalue weighted by atomic mass is 10.1.